The minimum absolute atomic E-state index is 0.0647. The van der Waals surface area contributed by atoms with Crippen LogP contribution in [-0.4, -0.2) is 5.91 Å². The van der Waals surface area contributed by atoms with E-state index in [-0.39, 0.29) is 5.91 Å². The predicted molar refractivity (Wildman–Crippen MR) is 97.9 cm³/mol. The summed E-state index contributed by atoms with van der Waals surface area (Å²) in [7, 11) is 0. The van der Waals surface area contributed by atoms with Crippen LogP contribution in [0.3, 0.4) is 0 Å². The molecule has 0 atom stereocenters. The van der Waals surface area contributed by atoms with Gasteiger partial charge >= 0.3 is 0 Å². The molecule has 0 radical (unpaired) electrons. The van der Waals surface area contributed by atoms with Gasteiger partial charge < -0.3 is 5.32 Å². The Morgan fingerprint density at radius 1 is 0.750 bits per heavy atom. The Bertz CT molecular complexity index is 742. The molecule has 0 aliphatic rings. The van der Waals surface area contributed by atoms with Gasteiger partial charge in [-0.1, -0.05) is 85.8 Å². The van der Waals surface area contributed by atoms with Crippen LogP contribution in [-0.2, 0) is 5.54 Å². The van der Waals surface area contributed by atoms with E-state index >= 15 is 0 Å². The SMILES string of the molecule is CCC(NC(=O)c1ccccc1)(c1ccccc1)c1ccccc1. The maximum atomic E-state index is 12.9. The summed E-state index contributed by atoms with van der Waals surface area (Å²) in [4.78, 5) is 12.9. The van der Waals surface area contributed by atoms with E-state index in [4.69, 9.17) is 0 Å². The van der Waals surface area contributed by atoms with Crippen LogP contribution in [0.15, 0.2) is 91.0 Å². The third-order valence-corrected chi connectivity index (χ3v) is 4.43. The number of hydrogen-bond donors (Lipinski definition) is 1. The quantitative estimate of drug-likeness (QED) is 0.722. The van der Waals surface area contributed by atoms with E-state index in [0.29, 0.717) is 5.56 Å². The molecule has 0 aliphatic carbocycles. The largest absolute Gasteiger partial charge is 0.338 e. The first kappa shape index (κ1) is 16.0. The highest BCUT2D eigenvalue weighted by molar-refractivity contribution is 5.95. The molecule has 3 aromatic rings. The lowest BCUT2D eigenvalue weighted by atomic mass is 9.80. The smallest absolute Gasteiger partial charge is 0.252 e. The highest BCUT2D eigenvalue weighted by Gasteiger charge is 2.34. The first-order valence-electron chi connectivity index (χ1n) is 8.25. The number of hydrogen-bond acceptors (Lipinski definition) is 1. The summed E-state index contributed by atoms with van der Waals surface area (Å²) in [5, 5.41) is 3.29. The molecule has 120 valence electrons. The van der Waals surface area contributed by atoms with Crippen LogP contribution in [0.5, 0.6) is 0 Å². The third-order valence-electron chi connectivity index (χ3n) is 4.43. The molecule has 2 heteroatoms. The molecule has 0 saturated carbocycles. The van der Waals surface area contributed by atoms with Gasteiger partial charge in [0.1, 0.15) is 0 Å². The normalized spacial score (nSPS) is 11.0. The number of carbonyl (C=O) groups excluding carboxylic acids is 1. The summed E-state index contributed by atoms with van der Waals surface area (Å²) in [5.74, 6) is -0.0647. The van der Waals surface area contributed by atoms with E-state index in [1.165, 1.54) is 0 Å². The molecule has 3 rings (SSSR count). The van der Waals surface area contributed by atoms with Crippen molar-refractivity contribution in [1.82, 2.24) is 5.32 Å². The molecule has 1 amide bonds. The van der Waals surface area contributed by atoms with Crippen molar-refractivity contribution in [3.05, 3.63) is 108 Å². The van der Waals surface area contributed by atoms with Crippen molar-refractivity contribution in [2.24, 2.45) is 0 Å². The summed E-state index contributed by atoms with van der Waals surface area (Å²) >= 11 is 0. The molecule has 0 aliphatic heterocycles. The summed E-state index contributed by atoms with van der Waals surface area (Å²) in [6.07, 6.45) is 0.763. The van der Waals surface area contributed by atoms with Crippen molar-refractivity contribution in [2.45, 2.75) is 18.9 Å². The van der Waals surface area contributed by atoms with Crippen molar-refractivity contribution >= 4 is 5.91 Å². The van der Waals surface area contributed by atoms with E-state index in [9.17, 15) is 4.79 Å². The lowest BCUT2D eigenvalue weighted by Crippen LogP contribution is -2.46. The zero-order valence-corrected chi connectivity index (χ0v) is 13.8. The van der Waals surface area contributed by atoms with E-state index < -0.39 is 5.54 Å². The van der Waals surface area contributed by atoms with Gasteiger partial charge in [-0.05, 0) is 29.7 Å². The molecule has 0 fully saturated rings. The van der Waals surface area contributed by atoms with Crippen LogP contribution in [0, 0.1) is 0 Å². The standard InChI is InChI=1S/C22H21NO/c1-2-22(19-14-8-4-9-15-19,20-16-10-5-11-17-20)23-21(24)18-12-6-3-7-13-18/h3-17H,2H2,1H3,(H,23,24). The molecule has 0 spiro atoms. The van der Waals surface area contributed by atoms with E-state index in [1.807, 2.05) is 66.7 Å². The summed E-state index contributed by atoms with van der Waals surface area (Å²) in [6.45, 7) is 2.10. The molecule has 2 nitrogen and oxygen atoms in total. The Hall–Kier alpha value is -2.87. The molecule has 3 aromatic carbocycles. The Morgan fingerprint density at radius 2 is 1.17 bits per heavy atom. The molecular weight excluding hydrogens is 294 g/mol. The first-order chi connectivity index (χ1) is 11.8. The second-order valence-corrected chi connectivity index (χ2v) is 5.81. The van der Waals surface area contributed by atoms with Crippen molar-refractivity contribution in [3.63, 3.8) is 0 Å². The second-order valence-electron chi connectivity index (χ2n) is 5.81. The zero-order chi connectivity index (χ0) is 16.8. The van der Waals surface area contributed by atoms with Crippen molar-refractivity contribution in [1.29, 1.82) is 0 Å². The maximum absolute atomic E-state index is 12.9. The highest BCUT2D eigenvalue weighted by atomic mass is 16.1. The average molecular weight is 315 g/mol. The second kappa shape index (κ2) is 7.14. The van der Waals surface area contributed by atoms with Gasteiger partial charge in [-0.2, -0.15) is 0 Å². The number of amides is 1. The fraction of sp³-hybridized carbons (Fsp3) is 0.136. The van der Waals surface area contributed by atoms with E-state index in [0.717, 1.165) is 17.5 Å². The number of carbonyl (C=O) groups is 1. The zero-order valence-electron chi connectivity index (χ0n) is 13.8. The molecule has 0 saturated heterocycles. The van der Waals surface area contributed by atoms with Crippen LogP contribution < -0.4 is 5.32 Å². The maximum Gasteiger partial charge on any atom is 0.252 e. The van der Waals surface area contributed by atoms with Crippen molar-refractivity contribution in [2.75, 3.05) is 0 Å². The molecule has 0 bridgehead atoms. The molecule has 1 N–H and O–H groups in total. The van der Waals surface area contributed by atoms with Crippen molar-refractivity contribution < 1.29 is 4.79 Å². The number of nitrogens with one attached hydrogen (secondary N) is 1. The third kappa shape index (κ3) is 3.09. The van der Waals surface area contributed by atoms with Crippen LogP contribution >= 0.6 is 0 Å². The molecule has 0 heterocycles. The fourth-order valence-corrected chi connectivity index (χ4v) is 3.11. The topological polar surface area (TPSA) is 29.1 Å². The monoisotopic (exact) mass is 315 g/mol. The van der Waals surface area contributed by atoms with Crippen LogP contribution in [0.1, 0.15) is 34.8 Å². The fourth-order valence-electron chi connectivity index (χ4n) is 3.11. The summed E-state index contributed by atoms with van der Waals surface area (Å²) in [5.41, 5.74) is 2.29. The average Bonchev–Trinajstić information content (AvgIpc) is 2.68. The minimum Gasteiger partial charge on any atom is -0.338 e. The molecule has 0 unspecified atom stereocenters. The Morgan fingerprint density at radius 3 is 1.58 bits per heavy atom. The van der Waals surface area contributed by atoms with Gasteiger partial charge in [0.05, 0.1) is 5.54 Å². The van der Waals surface area contributed by atoms with Gasteiger partial charge in [0.2, 0.25) is 0 Å². The van der Waals surface area contributed by atoms with Gasteiger partial charge in [0, 0.05) is 5.56 Å². The lowest BCUT2D eigenvalue weighted by Gasteiger charge is -2.35. The Labute approximate surface area is 143 Å². The van der Waals surface area contributed by atoms with Gasteiger partial charge in [0.25, 0.3) is 5.91 Å². The van der Waals surface area contributed by atoms with Crippen LogP contribution in [0.4, 0.5) is 0 Å². The van der Waals surface area contributed by atoms with Gasteiger partial charge in [-0.25, -0.2) is 0 Å². The van der Waals surface area contributed by atoms with E-state index in [2.05, 4.69) is 36.5 Å². The summed E-state index contributed by atoms with van der Waals surface area (Å²) in [6, 6.07) is 29.7. The Balaban J connectivity index is 2.07. The van der Waals surface area contributed by atoms with E-state index in [1.54, 1.807) is 0 Å². The molecular formula is C22H21NO. The highest BCUT2D eigenvalue weighted by Crippen LogP contribution is 2.33. The minimum atomic E-state index is -0.546. The lowest BCUT2D eigenvalue weighted by molar-refractivity contribution is 0.0910. The van der Waals surface area contributed by atoms with Gasteiger partial charge in [-0.3, -0.25) is 4.79 Å². The summed E-state index contributed by atoms with van der Waals surface area (Å²) < 4.78 is 0. The Kier molecular flexibility index (Phi) is 4.76. The molecule has 24 heavy (non-hydrogen) atoms. The van der Waals surface area contributed by atoms with Gasteiger partial charge in [0.15, 0.2) is 0 Å². The first-order valence-corrected chi connectivity index (χ1v) is 8.25. The number of rotatable bonds is 5. The predicted octanol–water partition coefficient (Wildman–Crippen LogP) is 4.77. The van der Waals surface area contributed by atoms with Crippen molar-refractivity contribution in [3.8, 4) is 0 Å². The number of benzene rings is 3. The molecule has 0 aromatic heterocycles. The van der Waals surface area contributed by atoms with Gasteiger partial charge in [-0.15, -0.1) is 0 Å². The van der Waals surface area contributed by atoms with Crippen LogP contribution in [0.25, 0.3) is 0 Å². The van der Waals surface area contributed by atoms with Crippen LogP contribution in [0.2, 0.25) is 0 Å².